The van der Waals surface area contributed by atoms with Crippen molar-refractivity contribution in [1.29, 1.82) is 5.26 Å². The third kappa shape index (κ3) is 5.15. The summed E-state index contributed by atoms with van der Waals surface area (Å²) in [5.41, 5.74) is 11.3. The number of rotatable bonds is 7. The molecule has 1 aliphatic rings. The summed E-state index contributed by atoms with van der Waals surface area (Å²) in [7, 11) is 0. The van der Waals surface area contributed by atoms with Gasteiger partial charge >= 0.3 is 0 Å². The molecule has 4 aromatic rings. The van der Waals surface area contributed by atoms with Crippen LogP contribution in [0.2, 0.25) is 0 Å². The molecule has 37 heavy (non-hydrogen) atoms. The second kappa shape index (κ2) is 10.8. The average molecular weight is 495 g/mol. The summed E-state index contributed by atoms with van der Waals surface area (Å²) < 4.78 is 1.98. The first-order chi connectivity index (χ1) is 18.0. The summed E-state index contributed by atoms with van der Waals surface area (Å²) in [5.74, 6) is 0.311. The van der Waals surface area contributed by atoms with E-state index in [1.807, 2.05) is 60.1 Å². The van der Waals surface area contributed by atoms with E-state index in [1.54, 1.807) is 0 Å². The fourth-order valence-corrected chi connectivity index (χ4v) is 4.98. The van der Waals surface area contributed by atoms with Gasteiger partial charge in [0.25, 0.3) is 5.91 Å². The summed E-state index contributed by atoms with van der Waals surface area (Å²) in [6.07, 6.45) is 4.03. The Hall–Kier alpha value is -4.29. The van der Waals surface area contributed by atoms with Crippen LogP contribution in [0.1, 0.15) is 46.8 Å². The number of nitrogen functional groups attached to an aromatic ring is 1. The first kappa shape index (κ1) is 24.4. The summed E-state index contributed by atoms with van der Waals surface area (Å²) in [5, 5.41) is 17.7. The van der Waals surface area contributed by atoms with Crippen LogP contribution in [0.25, 0.3) is 22.3 Å². The minimum atomic E-state index is -0.0897. The van der Waals surface area contributed by atoms with Crippen LogP contribution in [0.3, 0.4) is 0 Å². The maximum atomic E-state index is 12.6. The first-order valence-corrected chi connectivity index (χ1v) is 12.6. The van der Waals surface area contributed by atoms with Crippen LogP contribution in [0.5, 0.6) is 0 Å². The van der Waals surface area contributed by atoms with Gasteiger partial charge in [-0.05, 0) is 43.5 Å². The van der Waals surface area contributed by atoms with Gasteiger partial charge in [-0.25, -0.2) is 14.6 Å². The number of nitrogens with zero attached hydrogens (tertiary/aromatic N) is 6. The average Bonchev–Trinajstić information content (AvgIpc) is 3.32. The Labute approximate surface area is 215 Å². The molecule has 2 aromatic heterocycles. The van der Waals surface area contributed by atoms with Gasteiger partial charge in [-0.3, -0.25) is 4.79 Å². The molecule has 1 atom stereocenters. The molecule has 0 radical (unpaired) electrons. The van der Waals surface area contributed by atoms with Gasteiger partial charge in [0.05, 0.1) is 17.5 Å². The van der Waals surface area contributed by atoms with E-state index in [1.165, 1.54) is 6.33 Å². The van der Waals surface area contributed by atoms with E-state index in [0.717, 1.165) is 65.9 Å². The van der Waals surface area contributed by atoms with Crippen LogP contribution in [-0.2, 0) is 6.54 Å². The molecule has 0 bridgehead atoms. The van der Waals surface area contributed by atoms with Crippen molar-refractivity contribution < 1.29 is 4.79 Å². The fraction of sp³-hybridized carbons (Fsp3) is 0.321. The van der Waals surface area contributed by atoms with Crippen LogP contribution >= 0.6 is 0 Å². The molecule has 0 aliphatic carbocycles. The Bertz CT molecular complexity index is 1450. The lowest BCUT2D eigenvalue weighted by Gasteiger charge is -2.32. The van der Waals surface area contributed by atoms with Crippen molar-refractivity contribution >= 4 is 22.8 Å². The summed E-state index contributed by atoms with van der Waals surface area (Å²) in [4.78, 5) is 23.7. The van der Waals surface area contributed by atoms with Crippen molar-refractivity contribution in [2.75, 3.05) is 25.4 Å². The highest BCUT2D eigenvalue weighted by Gasteiger charge is 2.26. The molecule has 5 rings (SSSR count). The molecule has 3 N–H and O–H groups in total. The Morgan fingerprint density at radius 2 is 2.00 bits per heavy atom. The predicted molar refractivity (Wildman–Crippen MR) is 142 cm³/mol. The summed E-state index contributed by atoms with van der Waals surface area (Å²) >= 11 is 0. The van der Waals surface area contributed by atoms with Gasteiger partial charge in [-0.2, -0.15) is 10.4 Å². The molecule has 1 fully saturated rings. The van der Waals surface area contributed by atoms with E-state index in [-0.39, 0.29) is 11.9 Å². The number of likely N-dealkylation sites (tertiary alicyclic amines) is 1. The Balaban J connectivity index is 1.38. The van der Waals surface area contributed by atoms with Gasteiger partial charge in [-0.15, -0.1) is 0 Å². The van der Waals surface area contributed by atoms with Crippen molar-refractivity contribution in [2.45, 2.75) is 38.8 Å². The van der Waals surface area contributed by atoms with Crippen molar-refractivity contribution in [3.8, 4) is 17.3 Å². The molecule has 1 amide bonds. The molecule has 2 aromatic carbocycles. The number of fused-ring (bicyclic) bond motifs is 1. The number of piperidine rings is 1. The normalized spacial score (nSPS) is 15.9. The van der Waals surface area contributed by atoms with E-state index in [9.17, 15) is 4.79 Å². The monoisotopic (exact) mass is 494 g/mol. The van der Waals surface area contributed by atoms with Crippen LogP contribution in [0.4, 0.5) is 5.82 Å². The van der Waals surface area contributed by atoms with Gasteiger partial charge < -0.3 is 16.0 Å². The zero-order valence-electron chi connectivity index (χ0n) is 20.9. The van der Waals surface area contributed by atoms with Gasteiger partial charge in [0.15, 0.2) is 5.65 Å². The first-order valence-electron chi connectivity index (χ1n) is 12.6. The lowest BCUT2D eigenvalue weighted by molar-refractivity contribution is 0.0950. The third-order valence-corrected chi connectivity index (χ3v) is 6.95. The third-order valence-electron chi connectivity index (χ3n) is 6.95. The second-order valence-corrected chi connectivity index (χ2v) is 9.45. The maximum Gasteiger partial charge on any atom is 0.251 e. The number of aromatic nitrogens is 4. The number of nitrogens with two attached hydrogens (primary N) is 1. The molecule has 0 unspecified atom stereocenters. The van der Waals surface area contributed by atoms with Crippen LogP contribution in [-0.4, -0.2) is 50.2 Å². The van der Waals surface area contributed by atoms with Crippen LogP contribution in [0.15, 0.2) is 54.9 Å². The number of carbonyl (C=O) groups is 1. The molecule has 0 saturated carbocycles. The van der Waals surface area contributed by atoms with E-state index in [0.29, 0.717) is 24.3 Å². The van der Waals surface area contributed by atoms with E-state index in [2.05, 4.69) is 26.3 Å². The second-order valence-electron chi connectivity index (χ2n) is 9.45. The number of benzene rings is 2. The predicted octanol–water partition coefficient (Wildman–Crippen LogP) is 3.86. The smallest absolute Gasteiger partial charge is 0.251 e. The highest BCUT2D eigenvalue weighted by atomic mass is 16.1. The molecule has 188 valence electrons. The quantitative estimate of drug-likeness (QED) is 0.399. The SMILES string of the molecule is Cc1ccccc1C(=O)NCc1ccc(-c2nn([C@@H]3CCCN(CCC#N)C3)c3ncnc(N)c23)cc1. The Morgan fingerprint density at radius 1 is 1.19 bits per heavy atom. The number of carbonyl (C=O) groups excluding carboxylic acids is 1. The van der Waals surface area contributed by atoms with Gasteiger partial charge in [-0.1, -0.05) is 42.5 Å². The number of anilines is 1. The number of amides is 1. The zero-order valence-corrected chi connectivity index (χ0v) is 20.9. The highest BCUT2D eigenvalue weighted by molar-refractivity contribution is 5.98. The Kier molecular flexibility index (Phi) is 7.10. The van der Waals surface area contributed by atoms with Crippen molar-refractivity contribution in [3.63, 3.8) is 0 Å². The number of aryl methyl sites for hydroxylation is 1. The molecule has 3 heterocycles. The summed E-state index contributed by atoms with van der Waals surface area (Å²) in [6, 6.07) is 17.9. The van der Waals surface area contributed by atoms with Crippen LogP contribution in [0, 0.1) is 18.3 Å². The highest BCUT2D eigenvalue weighted by Crippen LogP contribution is 2.33. The minimum Gasteiger partial charge on any atom is -0.383 e. The number of nitriles is 1. The van der Waals surface area contributed by atoms with E-state index in [4.69, 9.17) is 16.1 Å². The van der Waals surface area contributed by atoms with Crippen molar-refractivity contribution in [1.82, 2.24) is 30.0 Å². The van der Waals surface area contributed by atoms with Crippen molar-refractivity contribution in [2.24, 2.45) is 0 Å². The lowest BCUT2D eigenvalue weighted by atomic mass is 10.1. The molecule has 0 spiro atoms. The standard InChI is InChI=1S/C28H30N8O/c1-19-6-2-3-8-23(19)28(37)31-16-20-9-11-21(12-10-20)25-24-26(30)32-18-33-27(24)36(34-25)22-7-4-14-35(17-22)15-5-13-29/h2-3,6,8-12,18,22H,4-5,7,14-17H2,1H3,(H,31,37)(H2,30,32,33)/t22-/m1/s1. The van der Waals surface area contributed by atoms with Crippen LogP contribution < -0.4 is 11.1 Å². The maximum absolute atomic E-state index is 12.6. The number of hydrogen-bond acceptors (Lipinski definition) is 7. The van der Waals surface area contributed by atoms with Gasteiger partial charge in [0.1, 0.15) is 17.8 Å². The Morgan fingerprint density at radius 3 is 2.78 bits per heavy atom. The summed E-state index contributed by atoms with van der Waals surface area (Å²) in [6.45, 7) is 4.93. The molecule has 1 aliphatic heterocycles. The number of nitrogens with one attached hydrogen (secondary N) is 1. The topological polar surface area (TPSA) is 126 Å². The molecule has 9 heteroatoms. The minimum absolute atomic E-state index is 0.0897. The molecular weight excluding hydrogens is 464 g/mol. The molecular formula is C28H30N8O. The van der Waals surface area contributed by atoms with Crippen molar-refractivity contribution in [3.05, 3.63) is 71.5 Å². The largest absolute Gasteiger partial charge is 0.383 e. The lowest BCUT2D eigenvalue weighted by Crippen LogP contribution is -2.37. The zero-order chi connectivity index (χ0) is 25.8. The molecule has 1 saturated heterocycles. The van der Waals surface area contributed by atoms with E-state index >= 15 is 0 Å². The van der Waals surface area contributed by atoms with Gasteiger partial charge in [0.2, 0.25) is 0 Å². The van der Waals surface area contributed by atoms with Gasteiger partial charge in [0, 0.05) is 37.2 Å². The number of hydrogen-bond donors (Lipinski definition) is 2. The fourth-order valence-electron chi connectivity index (χ4n) is 4.98. The molecule has 9 nitrogen and oxygen atoms in total. The van der Waals surface area contributed by atoms with E-state index < -0.39 is 0 Å².